The van der Waals surface area contributed by atoms with Crippen molar-refractivity contribution in [1.29, 1.82) is 0 Å². The summed E-state index contributed by atoms with van der Waals surface area (Å²) in [6, 6.07) is 0. The summed E-state index contributed by atoms with van der Waals surface area (Å²) in [6.07, 6.45) is 33.2. The fourth-order valence-corrected chi connectivity index (χ4v) is 7.09. The summed E-state index contributed by atoms with van der Waals surface area (Å²) >= 11 is 0. The smallest absolute Gasteiger partial charge is 0.305 e. The topological polar surface area (TPSA) is 106 Å². The Morgan fingerprint density at radius 2 is 0.980 bits per heavy atom. The van der Waals surface area contributed by atoms with Crippen molar-refractivity contribution in [2.45, 2.75) is 225 Å². The molecule has 50 heavy (non-hydrogen) atoms. The molecule has 1 heterocycles. The molecule has 8 nitrogen and oxygen atoms in total. The second kappa shape index (κ2) is 34.8. The van der Waals surface area contributed by atoms with Crippen molar-refractivity contribution in [3.63, 3.8) is 0 Å². The third kappa shape index (κ3) is 28.4. The summed E-state index contributed by atoms with van der Waals surface area (Å²) in [5.74, 6) is -0.756. The van der Waals surface area contributed by atoms with E-state index in [1.165, 1.54) is 83.5 Å². The van der Waals surface area contributed by atoms with Crippen molar-refractivity contribution in [3.05, 3.63) is 0 Å². The Bertz CT molecular complexity index is 766. The molecule has 0 aromatic carbocycles. The van der Waals surface area contributed by atoms with Gasteiger partial charge < -0.3 is 29.3 Å². The minimum atomic E-state index is -0.698. The zero-order valence-electron chi connectivity index (χ0n) is 32.9. The number of hydrogen-bond donors (Lipinski definition) is 2. The van der Waals surface area contributed by atoms with Crippen molar-refractivity contribution < 1.29 is 34.0 Å². The predicted molar refractivity (Wildman–Crippen MR) is 206 cm³/mol. The van der Waals surface area contributed by atoms with Crippen LogP contribution in [0.25, 0.3) is 0 Å². The van der Waals surface area contributed by atoms with Crippen molar-refractivity contribution in [3.8, 4) is 0 Å². The minimum Gasteiger partial charge on any atom is -0.481 e. The van der Waals surface area contributed by atoms with Gasteiger partial charge in [0.1, 0.15) is 0 Å². The third-order valence-electron chi connectivity index (χ3n) is 10.2. The summed E-state index contributed by atoms with van der Waals surface area (Å²) in [4.78, 5) is 25.2. The first kappa shape index (κ1) is 46.8. The van der Waals surface area contributed by atoms with E-state index in [0.29, 0.717) is 19.6 Å². The molecule has 3 unspecified atom stereocenters. The van der Waals surface area contributed by atoms with Crippen LogP contribution in [0, 0.1) is 0 Å². The van der Waals surface area contributed by atoms with Crippen LogP contribution >= 0.6 is 0 Å². The molecule has 0 amide bonds. The van der Waals surface area contributed by atoms with Gasteiger partial charge in [-0.25, -0.2) is 0 Å². The first-order chi connectivity index (χ1) is 24.5. The number of rotatable bonds is 38. The van der Waals surface area contributed by atoms with Crippen LogP contribution in [-0.2, 0) is 23.8 Å². The van der Waals surface area contributed by atoms with Gasteiger partial charge in [0.15, 0.2) is 6.29 Å². The number of nitrogens with zero attached hydrogens (tertiary/aromatic N) is 1. The van der Waals surface area contributed by atoms with Gasteiger partial charge in [-0.2, -0.15) is 0 Å². The van der Waals surface area contributed by atoms with E-state index >= 15 is 0 Å². The fraction of sp³-hybridized carbons (Fsp3) is 0.952. The Hall–Kier alpha value is -1.22. The second-order valence-corrected chi connectivity index (χ2v) is 15.0. The van der Waals surface area contributed by atoms with E-state index in [-0.39, 0.29) is 37.5 Å². The number of carboxylic acid groups (broad SMARTS) is 1. The number of aliphatic carboxylic acids is 1. The lowest BCUT2D eigenvalue weighted by Gasteiger charge is -2.21. The molecule has 0 radical (unpaired) electrons. The van der Waals surface area contributed by atoms with Gasteiger partial charge in [-0.05, 0) is 70.9 Å². The van der Waals surface area contributed by atoms with Crippen molar-refractivity contribution in [2.75, 3.05) is 32.8 Å². The summed E-state index contributed by atoms with van der Waals surface area (Å²) in [7, 11) is 0. The zero-order chi connectivity index (χ0) is 36.3. The van der Waals surface area contributed by atoms with Gasteiger partial charge in [0.05, 0.1) is 25.4 Å². The van der Waals surface area contributed by atoms with Crippen LogP contribution in [0.15, 0.2) is 0 Å². The van der Waals surface area contributed by atoms with E-state index in [9.17, 15) is 14.7 Å². The Morgan fingerprint density at radius 1 is 0.540 bits per heavy atom. The van der Waals surface area contributed by atoms with Crippen LogP contribution < -0.4 is 0 Å². The molecule has 0 spiro atoms. The molecule has 1 rings (SSSR count). The van der Waals surface area contributed by atoms with E-state index in [2.05, 4.69) is 18.7 Å². The Labute approximate surface area is 308 Å². The lowest BCUT2D eigenvalue weighted by atomic mass is 9.99. The maximum Gasteiger partial charge on any atom is 0.305 e. The Morgan fingerprint density at radius 3 is 1.52 bits per heavy atom. The molecule has 1 fully saturated rings. The molecule has 296 valence electrons. The Balaban J connectivity index is 2.21. The highest BCUT2D eigenvalue weighted by Gasteiger charge is 2.34. The summed E-state index contributed by atoms with van der Waals surface area (Å²) in [5.41, 5.74) is 0. The highest BCUT2D eigenvalue weighted by Crippen LogP contribution is 2.30. The maximum atomic E-state index is 12.1. The van der Waals surface area contributed by atoms with E-state index in [0.717, 1.165) is 109 Å². The van der Waals surface area contributed by atoms with Crippen molar-refractivity contribution in [1.82, 2.24) is 4.90 Å². The lowest BCUT2D eigenvalue weighted by Crippen LogP contribution is -2.29. The molecule has 2 N–H and O–H groups in total. The highest BCUT2D eigenvalue weighted by molar-refractivity contribution is 5.69. The highest BCUT2D eigenvalue weighted by atomic mass is 16.7. The number of unbranched alkanes of at least 4 members (excludes halogenated alkanes) is 20. The number of carboxylic acids is 1. The number of ether oxygens (including phenoxy) is 3. The average molecular weight is 712 g/mol. The van der Waals surface area contributed by atoms with E-state index < -0.39 is 5.97 Å². The van der Waals surface area contributed by atoms with Gasteiger partial charge in [0.2, 0.25) is 0 Å². The first-order valence-electron chi connectivity index (χ1n) is 21.5. The second-order valence-electron chi connectivity index (χ2n) is 15.0. The quantitative estimate of drug-likeness (QED) is 0.0482. The van der Waals surface area contributed by atoms with Gasteiger partial charge in [-0.3, -0.25) is 9.59 Å². The van der Waals surface area contributed by atoms with Gasteiger partial charge in [0.25, 0.3) is 0 Å². The fourth-order valence-electron chi connectivity index (χ4n) is 7.09. The van der Waals surface area contributed by atoms with Crippen LogP contribution in [0.3, 0.4) is 0 Å². The van der Waals surface area contributed by atoms with E-state index in [1.807, 2.05) is 0 Å². The molecular weight excluding hydrogens is 630 g/mol. The normalized spacial score (nSPS) is 17.6. The molecule has 0 aromatic rings. The van der Waals surface area contributed by atoms with E-state index in [1.54, 1.807) is 0 Å². The molecule has 1 aliphatic rings. The molecule has 1 aliphatic heterocycles. The summed E-state index contributed by atoms with van der Waals surface area (Å²) in [6.45, 7) is 7.84. The molecular formula is C42H81NO7. The van der Waals surface area contributed by atoms with Crippen LogP contribution in [0.1, 0.15) is 206 Å². The standard InChI is InChI=1S/C42H81NO7/c1-3-5-7-9-11-12-13-18-27-37-48-41(47)31-23-19-25-33-43(35-36-44)34-26-24-32-42-49-38(28-20-15-10-8-6-4-2)39(50-42)29-21-16-14-17-22-30-40(45)46/h38-39,42,44H,3-37H2,1-2H3,(H,45,46). The van der Waals surface area contributed by atoms with Crippen LogP contribution in [0.4, 0.5) is 0 Å². The minimum absolute atomic E-state index is 0.0578. The number of carbonyl (C=O) groups is 2. The first-order valence-corrected chi connectivity index (χ1v) is 21.5. The predicted octanol–water partition coefficient (Wildman–Crippen LogP) is 10.8. The lowest BCUT2D eigenvalue weighted by molar-refractivity contribution is -0.144. The van der Waals surface area contributed by atoms with Crippen LogP contribution in [0.5, 0.6) is 0 Å². The van der Waals surface area contributed by atoms with E-state index in [4.69, 9.17) is 19.3 Å². The van der Waals surface area contributed by atoms with Crippen molar-refractivity contribution >= 4 is 11.9 Å². The number of aliphatic hydroxyl groups excluding tert-OH is 1. The Kier molecular flexibility index (Phi) is 32.6. The van der Waals surface area contributed by atoms with Gasteiger partial charge in [0, 0.05) is 19.4 Å². The molecule has 3 atom stereocenters. The van der Waals surface area contributed by atoms with Gasteiger partial charge in [-0.15, -0.1) is 0 Å². The molecule has 8 heteroatoms. The molecule has 0 aliphatic carbocycles. The third-order valence-corrected chi connectivity index (χ3v) is 10.2. The monoisotopic (exact) mass is 712 g/mol. The number of carbonyl (C=O) groups excluding carboxylic acids is 1. The molecule has 0 saturated carbocycles. The largest absolute Gasteiger partial charge is 0.481 e. The van der Waals surface area contributed by atoms with Gasteiger partial charge in [-0.1, -0.05) is 136 Å². The number of hydrogen-bond acceptors (Lipinski definition) is 7. The van der Waals surface area contributed by atoms with Crippen molar-refractivity contribution in [2.24, 2.45) is 0 Å². The molecule has 0 bridgehead atoms. The number of esters is 1. The summed E-state index contributed by atoms with van der Waals surface area (Å²) < 4.78 is 18.4. The zero-order valence-corrected chi connectivity index (χ0v) is 32.9. The molecule has 1 saturated heterocycles. The maximum absolute atomic E-state index is 12.1. The van der Waals surface area contributed by atoms with Crippen LogP contribution in [-0.4, -0.2) is 78.4 Å². The molecule has 0 aromatic heterocycles. The van der Waals surface area contributed by atoms with Crippen LogP contribution in [0.2, 0.25) is 0 Å². The SMILES string of the molecule is CCCCCCCCCCCOC(=O)CCCCCN(CCO)CCCCC1OC(CCCCCCCC)C(CCCCCCCC(=O)O)O1. The summed E-state index contributed by atoms with van der Waals surface area (Å²) in [5, 5.41) is 18.5. The van der Waals surface area contributed by atoms with Gasteiger partial charge >= 0.3 is 11.9 Å². The average Bonchev–Trinajstić information content (AvgIpc) is 3.49. The number of aliphatic hydroxyl groups is 1.